The predicted molar refractivity (Wildman–Crippen MR) is 79.9 cm³/mol. The zero-order valence-electron chi connectivity index (χ0n) is 10.3. The lowest BCUT2D eigenvalue weighted by molar-refractivity contribution is -0.384. The van der Waals surface area contributed by atoms with Crippen molar-refractivity contribution in [2.45, 2.75) is 5.33 Å². The van der Waals surface area contributed by atoms with Gasteiger partial charge in [-0.3, -0.25) is 10.1 Å². The highest BCUT2D eigenvalue weighted by Crippen LogP contribution is 2.33. The third-order valence-electron chi connectivity index (χ3n) is 2.58. The lowest BCUT2D eigenvalue weighted by atomic mass is 10.2. The minimum atomic E-state index is -1.13. The van der Waals surface area contributed by atoms with Crippen LogP contribution < -0.4 is 4.74 Å². The van der Waals surface area contributed by atoms with Crippen molar-refractivity contribution in [3.05, 3.63) is 62.1 Å². The SMILES string of the molecule is O=[N+]([O-])c1ccc(Oc2cc(Br)cc(F)c2F)c(CBr)c1. The standard InChI is InChI=1S/C13H7Br2F2NO3/c14-6-7-3-9(18(19)20)1-2-11(7)21-12-5-8(15)4-10(16)13(12)17/h1-5H,6H2. The number of nitro groups is 1. The van der Waals surface area contributed by atoms with E-state index < -0.39 is 16.6 Å². The van der Waals surface area contributed by atoms with Crippen molar-refractivity contribution in [3.63, 3.8) is 0 Å². The second-order valence-electron chi connectivity index (χ2n) is 3.98. The third-order valence-corrected chi connectivity index (χ3v) is 3.64. The van der Waals surface area contributed by atoms with E-state index >= 15 is 0 Å². The minimum Gasteiger partial charge on any atom is -0.454 e. The largest absolute Gasteiger partial charge is 0.454 e. The highest BCUT2D eigenvalue weighted by Gasteiger charge is 2.16. The van der Waals surface area contributed by atoms with Crippen LogP contribution in [0.4, 0.5) is 14.5 Å². The van der Waals surface area contributed by atoms with Gasteiger partial charge >= 0.3 is 0 Å². The fourth-order valence-electron chi connectivity index (χ4n) is 1.61. The van der Waals surface area contributed by atoms with E-state index in [9.17, 15) is 18.9 Å². The van der Waals surface area contributed by atoms with Gasteiger partial charge in [-0.15, -0.1) is 0 Å². The van der Waals surface area contributed by atoms with Gasteiger partial charge in [0.1, 0.15) is 5.75 Å². The van der Waals surface area contributed by atoms with Crippen LogP contribution >= 0.6 is 31.9 Å². The van der Waals surface area contributed by atoms with Gasteiger partial charge in [0.25, 0.3) is 5.69 Å². The summed E-state index contributed by atoms with van der Waals surface area (Å²) in [7, 11) is 0. The molecule has 2 aromatic rings. The first-order valence-electron chi connectivity index (χ1n) is 5.58. The molecule has 0 saturated heterocycles. The zero-order valence-corrected chi connectivity index (χ0v) is 13.4. The Morgan fingerprint density at radius 1 is 1.19 bits per heavy atom. The number of hydrogen-bond donors (Lipinski definition) is 0. The van der Waals surface area contributed by atoms with Crippen LogP contribution in [-0.2, 0) is 5.33 Å². The van der Waals surface area contributed by atoms with Crippen LogP contribution in [0.2, 0.25) is 0 Å². The molecule has 0 spiro atoms. The molecule has 4 nitrogen and oxygen atoms in total. The van der Waals surface area contributed by atoms with Crippen molar-refractivity contribution >= 4 is 37.5 Å². The summed E-state index contributed by atoms with van der Waals surface area (Å²) in [5.41, 5.74) is 0.335. The van der Waals surface area contributed by atoms with Gasteiger partial charge in [-0.05, 0) is 18.2 Å². The van der Waals surface area contributed by atoms with Crippen molar-refractivity contribution < 1.29 is 18.4 Å². The molecule has 0 unspecified atom stereocenters. The van der Waals surface area contributed by atoms with Crippen molar-refractivity contribution in [2.24, 2.45) is 0 Å². The minimum absolute atomic E-state index is 0.113. The summed E-state index contributed by atoms with van der Waals surface area (Å²) in [6.07, 6.45) is 0. The molecule has 0 heterocycles. The van der Waals surface area contributed by atoms with Crippen LogP contribution in [0.25, 0.3) is 0 Å². The summed E-state index contributed by atoms with van der Waals surface area (Å²) in [5, 5.41) is 11.0. The van der Waals surface area contributed by atoms with Gasteiger partial charge in [-0.25, -0.2) is 4.39 Å². The number of hydrogen-bond acceptors (Lipinski definition) is 3. The summed E-state index contributed by atoms with van der Waals surface area (Å²) in [4.78, 5) is 10.2. The van der Waals surface area contributed by atoms with Crippen molar-refractivity contribution in [2.75, 3.05) is 0 Å². The molecule has 0 aliphatic heterocycles. The average Bonchev–Trinajstić information content (AvgIpc) is 2.44. The Labute approximate surface area is 135 Å². The third kappa shape index (κ3) is 3.56. The maximum absolute atomic E-state index is 13.7. The molecule has 2 rings (SSSR count). The summed E-state index contributed by atoms with van der Waals surface area (Å²) in [5.74, 6) is -2.29. The van der Waals surface area contributed by atoms with Crippen LogP contribution in [0.1, 0.15) is 5.56 Å². The van der Waals surface area contributed by atoms with E-state index in [-0.39, 0.29) is 22.5 Å². The maximum atomic E-state index is 13.7. The smallest absolute Gasteiger partial charge is 0.270 e. The fraction of sp³-hybridized carbons (Fsp3) is 0.0769. The van der Waals surface area contributed by atoms with Gasteiger partial charge in [0.15, 0.2) is 11.6 Å². The molecule has 2 aromatic carbocycles. The number of alkyl halides is 1. The zero-order chi connectivity index (χ0) is 15.6. The molecule has 0 aromatic heterocycles. The van der Waals surface area contributed by atoms with E-state index in [2.05, 4.69) is 31.9 Å². The molecule has 21 heavy (non-hydrogen) atoms. The van der Waals surface area contributed by atoms with Crippen LogP contribution in [0, 0.1) is 21.7 Å². The predicted octanol–water partition coefficient (Wildman–Crippen LogP) is 5.32. The number of non-ortho nitro benzene ring substituents is 1. The van der Waals surface area contributed by atoms with Crippen molar-refractivity contribution in [1.29, 1.82) is 0 Å². The summed E-state index contributed by atoms with van der Waals surface area (Å²) in [6.45, 7) is 0. The molecule has 0 fully saturated rings. The lowest BCUT2D eigenvalue weighted by Gasteiger charge is -2.11. The van der Waals surface area contributed by atoms with Crippen molar-refractivity contribution in [3.8, 4) is 11.5 Å². The van der Waals surface area contributed by atoms with Crippen LogP contribution in [0.3, 0.4) is 0 Å². The molecule has 0 atom stereocenters. The summed E-state index contributed by atoms with van der Waals surface area (Å²) >= 11 is 6.21. The Morgan fingerprint density at radius 3 is 2.52 bits per heavy atom. The first-order valence-corrected chi connectivity index (χ1v) is 7.49. The Morgan fingerprint density at radius 2 is 1.90 bits per heavy atom. The molecule has 0 bridgehead atoms. The quantitative estimate of drug-likeness (QED) is 0.290. The Kier molecular flexibility index (Phi) is 4.89. The van der Waals surface area contributed by atoms with E-state index in [0.29, 0.717) is 10.0 Å². The number of rotatable bonds is 4. The lowest BCUT2D eigenvalue weighted by Crippen LogP contribution is -1.96. The molecule has 0 saturated carbocycles. The van der Waals surface area contributed by atoms with Gasteiger partial charge in [-0.2, -0.15) is 4.39 Å². The second-order valence-corrected chi connectivity index (χ2v) is 5.46. The van der Waals surface area contributed by atoms with Crippen LogP contribution in [0.15, 0.2) is 34.8 Å². The number of benzene rings is 2. The number of nitrogens with zero attached hydrogens (tertiary/aromatic N) is 1. The van der Waals surface area contributed by atoms with E-state index in [1.165, 1.54) is 24.3 Å². The van der Waals surface area contributed by atoms with E-state index in [4.69, 9.17) is 4.74 Å². The van der Waals surface area contributed by atoms with Crippen LogP contribution in [0.5, 0.6) is 11.5 Å². The molecular weight excluding hydrogens is 416 g/mol. The van der Waals surface area contributed by atoms with Crippen LogP contribution in [-0.4, -0.2) is 4.92 Å². The maximum Gasteiger partial charge on any atom is 0.270 e. The topological polar surface area (TPSA) is 52.4 Å². The number of ether oxygens (including phenoxy) is 1. The number of nitro benzene ring substituents is 1. The van der Waals surface area contributed by atoms with Gasteiger partial charge in [0, 0.05) is 27.5 Å². The van der Waals surface area contributed by atoms with Gasteiger partial charge < -0.3 is 4.74 Å². The van der Waals surface area contributed by atoms with Gasteiger partial charge in [0.2, 0.25) is 5.82 Å². The normalized spacial score (nSPS) is 10.5. The summed E-state index contributed by atoms with van der Waals surface area (Å²) < 4.78 is 32.6. The Balaban J connectivity index is 2.42. The molecule has 0 radical (unpaired) electrons. The monoisotopic (exact) mass is 421 g/mol. The van der Waals surface area contributed by atoms with E-state index in [0.717, 1.165) is 6.07 Å². The van der Waals surface area contributed by atoms with E-state index in [1.54, 1.807) is 0 Å². The molecule has 0 aliphatic carbocycles. The molecule has 110 valence electrons. The van der Waals surface area contributed by atoms with E-state index in [1.807, 2.05) is 0 Å². The summed E-state index contributed by atoms with van der Waals surface area (Å²) in [6, 6.07) is 6.12. The molecule has 8 heteroatoms. The number of halogens is 4. The molecule has 0 N–H and O–H groups in total. The Bertz CT molecular complexity index is 710. The van der Waals surface area contributed by atoms with Gasteiger partial charge in [0.05, 0.1) is 4.92 Å². The molecular formula is C13H7Br2F2NO3. The molecule has 0 amide bonds. The fourth-order valence-corrected chi connectivity index (χ4v) is 2.46. The first-order chi connectivity index (χ1) is 9.92. The highest BCUT2D eigenvalue weighted by atomic mass is 79.9. The van der Waals surface area contributed by atoms with Crippen molar-refractivity contribution in [1.82, 2.24) is 0 Å². The first kappa shape index (κ1) is 15.8. The average molecular weight is 423 g/mol. The Hall–Kier alpha value is -1.54. The second kappa shape index (κ2) is 6.48. The van der Waals surface area contributed by atoms with Gasteiger partial charge in [-0.1, -0.05) is 31.9 Å². The molecule has 0 aliphatic rings. The highest BCUT2D eigenvalue weighted by molar-refractivity contribution is 9.10.